The van der Waals surface area contributed by atoms with E-state index in [1.165, 1.54) is 0 Å². The average molecular weight is 460 g/mol. The zero-order chi connectivity index (χ0) is 20.1. The van der Waals surface area contributed by atoms with Gasteiger partial charge in [-0.05, 0) is 12.1 Å². The van der Waals surface area contributed by atoms with Crippen molar-refractivity contribution in [3.63, 3.8) is 0 Å². The summed E-state index contributed by atoms with van der Waals surface area (Å²) in [5, 5.41) is 20.4. The van der Waals surface area contributed by atoms with E-state index in [0.29, 0.717) is 0 Å². The van der Waals surface area contributed by atoms with Crippen molar-refractivity contribution < 1.29 is 52.9 Å². The molecule has 0 aromatic heterocycles. The number of hydrogen-bond acceptors (Lipinski definition) is 10. The van der Waals surface area contributed by atoms with Crippen LogP contribution in [0.2, 0.25) is 0 Å². The van der Waals surface area contributed by atoms with E-state index in [1.807, 2.05) is 0 Å². The molecule has 0 atom stereocenters. The summed E-state index contributed by atoms with van der Waals surface area (Å²) in [6, 6.07) is 7.96. The van der Waals surface area contributed by atoms with Crippen molar-refractivity contribution in [1.29, 1.82) is 0 Å². The summed E-state index contributed by atoms with van der Waals surface area (Å²) in [6.07, 6.45) is 0. The first-order valence-corrected chi connectivity index (χ1v) is 9.04. The van der Waals surface area contributed by atoms with Gasteiger partial charge in [0.05, 0.1) is 19.6 Å². The number of nitro benzene ring substituents is 2. The van der Waals surface area contributed by atoms with Gasteiger partial charge in [0.1, 0.15) is 20.2 Å². The van der Waals surface area contributed by atoms with Crippen LogP contribution in [0.15, 0.2) is 58.3 Å². The third-order valence-corrected chi connectivity index (χ3v) is 4.30. The van der Waals surface area contributed by atoms with Gasteiger partial charge in [-0.2, -0.15) is 0 Å². The van der Waals surface area contributed by atoms with Crippen LogP contribution in [0.4, 0.5) is 11.4 Å². The number of non-ortho nitro benzene ring substituents is 2. The van der Waals surface area contributed by atoms with E-state index in [-0.39, 0.29) is 17.1 Å². The zero-order valence-corrected chi connectivity index (χ0v) is 15.5. The Balaban J connectivity index is 0.000000483. The smallest absolute Gasteiger partial charge is 0.744 e. The van der Waals surface area contributed by atoms with Gasteiger partial charge in [-0.15, -0.1) is 0 Å². The third kappa shape index (κ3) is 7.78. The molecular formula is C12H8FeN2O10S2. The van der Waals surface area contributed by atoms with Crippen molar-refractivity contribution in [3.05, 3.63) is 68.8 Å². The number of nitrogens with zero attached hydrogens (tertiary/aromatic N) is 2. The second-order valence-corrected chi connectivity index (χ2v) is 7.18. The maximum absolute atomic E-state index is 10.4. The Bertz CT molecular complexity index is 968. The van der Waals surface area contributed by atoms with E-state index in [4.69, 9.17) is 0 Å². The largest absolute Gasteiger partial charge is 2.00 e. The molecule has 0 unspecified atom stereocenters. The zero-order valence-electron chi connectivity index (χ0n) is 12.8. The first-order chi connectivity index (χ1) is 11.8. The summed E-state index contributed by atoms with van der Waals surface area (Å²) < 4.78 is 62.6. The predicted molar refractivity (Wildman–Crippen MR) is 82.1 cm³/mol. The monoisotopic (exact) mass is 460 g/mol. The summed E-state index contributed by atoms with van der Waals surface area (Å²) in [4.78, 5) is 17.6. The summed E-state index contributed by atoms with van der Waals surface area (Å²) in [5.41, 5.74) is -0.839. The van der Waals surface area contributed by atoms with Crippen molar-refractivity contribution in [1.82, 2.24) is 0 Å². The summed E-state index contributed by atoms with van der Waals surface area (Å²) in [7, 11) is -9.23. The van der Waals surface area contributed by atoms with Crippen LogP contribution in [0.5, 0.6) is 0 Å². The molecule has 0 aliphatic heterocycles. The summed E-state index contributed by atoms with van der Waals surface area (Å²) in [6.45, 7) is 0. The molecule has 0 N–H and O–H groups in total. The van der Waals surface area contributed by atoms with Crippen LogP contribution in [0.3, 0.4) is 0 Å². The van der Waals surface area contributed by atoms with Crippen LogP contribution in [-0.2, 0) is 37.3 Å². The number of nitro groups is 2. The molecule has 146 valence electrons. The second kappa shape index (κ2) is 9.50. The molecule has 0 aliphatic carbocycles. The Kier molecular flexibility index (Phi) is 8.65. The van der Waals surface area contributed by atoms with Gasteiger partial charge in [0.2, 0.25) is 0 Å². The molecule has 0 spiro atoms. The van der Waals surface area contributed by atoms with Crippen LogP contribution in [0.25, 0.3) is 0 Å². The van der Waals surface area contributed by atoms with Gasteiger partial charge in [0.25, 0.3) is 11.4 Å². The fourth-order valence-electron chi connectivity index (χ4n) is 1.51. The first-order valence-electron chi connectivity index (χ1n) is 6.23. The number of hydrogen-bond donors (Lipinski definition) is 0. The minimum absolute atomic E-state index is 0. The van der Waals surface area contributed by atoms with Gasteiger partial charge in [0.15, 0.2) is 0 Å². The van der Waals surface area contributed by atoms with Gasteiger partial charge in [0, 0.05) is 24.3 Å². The fourth-order valence-corrected chi connectivity index (χ4v) is 2.53. The van der Waals surface area contributed by atoms with Crippen molar-refractivity contribution >= 4 is 31.6 Å². The molecule has 0 aliphatic rings. The average Bonchev–Trinajstić information content (AvgIpc) is 2.54. The first kappa shape index (κ1) is 24.6. The molecule has 2 rings (SSSR count). The topological polar surface area (TPSA) is 201 Å². The number of benzene rings is 2. The van der Waals surface area contributed by atoms with Gasteiger partial charge in [-0.1, -0.05) is 12.1 Å². The normalized spacial score (nSPS) is 10.7. The molecule has 0 bridgehead atoms. The molecule has 15 heteroatoms. The quantitative estimate of drug-likeness (QED) is 0.274. The maximum atomic E-state index is 10.4. The predicted octanol–water partition coefficient (Wildman–Crippen LogP) is 0.995. The minimum atomic E-state index is -4.61. The van der Waals surface area contributed by atoms with E-state index < -0.39 is 51.2 Å². The van der Waals surface area contributed by atoms with Gasteiger partial charge in [-0.3, -0.25) is 20.2 Å². The van der Waals surface area contributed by atoms with Crippen LogP contribution < -0.4 is 0 Å². The molecular weight excluding hydrogens is 452 g/mol. The van der Waals surface area contributed by atoms with E-state index in [9.17, 15) is 46.2 Å². The molecule has 0 saturated carbocycles. The SMILES string of the molecule is O=[N+]([O-])c1cccc(S(=O)(=O)[O-])c1.O=[N+]([O-])c1cccc(S(=O)(=O)[O-])c1.[Fe+2]. The van der Waals surface area contributed by atoms with E-state index in [2.05, 4.69) is 0 Å². The summed E-state index contributed by atoms with van der Waals surface area (Å²) >= 11 is 0. The van der Waals surface area contributed by atoms with Crippen LogP contribution >= 0.6 is 0 Å². The van der Waals surface area contributed by atoms with E-state index in [0.717, 1.165) is 48.5 Å². The Morgan fingerprint density at radius 3 is 1.19 bits per heavy atom. The van der Waals surface area contributed by atoms with Crippen LogP contribution in [0.1, 0.15) is 0 Å². The van der Waals surface area contributed by atoms with Gasteiger partial charge in [-0.25, -0.2) is 16.8 Å². The number of rotatable bonds is 4. The molecule has 2 aromatic carbocycles. The third-order valence-electron chi connectivity index (χ3n) is 2.63. The molecule has 0 saturated heterocycles. The van der Waals surface area contributed by atoms with Crippen molar-refractivity contribution in [3.8, 4) is 0 Å². The molecule has 0 radical (unpaired) electrons. The maximum Gasteiger partial charge on any atom is 2.00 e. The Labute approximate surface area is 163 Å². The second-order valence-electron chi connectivity index (χ2n) is 4.42. The standard InChI is InChI=1S/2C6H5NO5S.Fe/c2*8-7(9)5-2-1-3-6(4-5)13(10,11)12;/h2*1-4H,(H,10,11,12);/q;;+2/p-2. The Morgan fingerprint density at radius 2 is 0.963 bits per heavy atom. The molecule has 0 fully saturated rings. The Hall–Kier alpha value is -2.42. The molecule has 0 heterocycles. The van der Waals surface area contributed by atoms with Gasteiger partial charge < -0.3 is 9.11 Å². The van der Waals surface area contributed by atoms with Crippen LogP contribution in [-0.4, -0.2) is 35.8 Å². The molecule has 2 aromatic rings. The van der Waals surface area contributed by atoms with Crippen molar-refractivity contribution in [2.45, 2.75) is 9.79 Å². The van der Waals surface area contributed by atoms with Gasteiger partial charge >= 0.3 is 17.1 Å². The Morgan fingerprint density at radius 1 is 0.667 bits per heavy atom. The molecule has 12 nitrogen and oxygen atoms in total. The van der Waals surface area contributed by atoms with E-state index in [1.54, 1.807) is 0 Å². The molecule has 0 amide bonds. The van der Waals surface area contributed by atoms with E-state index >= 15 is 0 Å². The summed E-state index contributed by atoms with van der Waals surface area (Å²) in [5.74, 6) is 0. The van der Waals surface area contributed by atoms with Crippen molar-refractivity contribution in [2.75, 3.05) is 0 Å². The fraction of sp³-hybridized carbons (Fsp3) is 0. The minimum Gasteiger partial charge on any atom is -0.744 e. The van der Waals surface area contributed by atoms with Crippen LogP contribution in [0, 0.1) is 20.2 Å². The molecule has 27 heavy (non-hydrogen) atoms. The van der Waals surface area contributed by atoms with Crippen molar-refractivity contribution in [2.24, 2.45) is 0 Å².